The topological polar surface area (TPSA) is 45.2 Å². The molecule has 0 radical (unpaired) electrons. The number of rotatable bonds is 4. The first-order valence-electron chi connectivity index (χ1n) is 8.44. The molecular formula is C19H17F2N3OS. The fourth-order valence-corrected chi connectivity index (χ4v) is 4.43. The molecule has 4 rings (SSSR count). The molecule has 2 heterocycles. The van der Waals surface area contributed by atoms with Gasteiger partial charge in [-0.3, -0.25) is 9.69 Å². The summed E-state index contributed by atoms with van der Waals surface area (Å²) < 4.78 is 28.1. The van der Waals surface area contributed by atoms with Crippen molar-refractivity contribution in [2.75, 3.05) is 18.4 Å². The molecule has 1 aromatic heterocycles. The third-order valence-electron chi connectivity index (χ3n) is 4.51. The number of hydrogen-bond acceptors (Lipinski definition) is 4. The highest BCUT2D eigenvalue weighted by Gasteiger charge is 2.30. The Morgan fingerprint density at radius 1 is 1.27 bits per heavy atom. The van der Waals surface area contributed by atoms with Crippen LogP contribution in [0, 0.1) is 11.6 Å². The number of nitrogens with zero attached hydrogens (tertiary/aromatic N) is 2. The first-order valence-corrected chi connectivity index (χ1v) is 9.26. The van der Waals surface area contributed by atoms with Crippen molar-refractivity contribution in [2.45, 2.75) is 18.9 Å². The highest BCUT2D eigenvalue weighted by molar-refractivity contribution is 7.18. The molecular weight excluding hydrogens is 356 g/mol. The summed E-state index contributed by atoms with van der Waals surface area (Å²) in [5, 5.41) is 3.46. The molecule has 1 aliphatic heterocycles. The van der Waals surface area contributed by atoms with Gasteiger partial charge in [0.25, 0.3) is 0 Å². The zero-order chi connectivity index (χ0) is 18.1. The van der Waals surface area contributed by atoms with Gasteiger partial charge < -0.3 is 5.32 Å². The number of para-hydroxylation sites is 1. The zero-order valence-electron chi connectivity index (χ0n) is 13.9. The molecule has 1 fully saturated rings. The lowest BCUT2D eigenvalue weighted by molar-refractivity contribution is -0.117. The summed E-state index contributed by atoms with van der Waals surface area (Å²) in [5.74, 6) is -1.60. The van der Waals surface area contributed by atoms with Gasteiger partial charge in [-0.2, -0.15) is 0 Å². The second kappa shape index (κ2) is 7.09. The summed E-state index contributed by atoms with van der Waals surface area (Å²) in [6.45, 7) is 0.899. The van der Waals surface area contributed by atoms with E-state index < -0.39 is 11.6 Å². The van der Waals surface area contributed by atoms with Crippen molar-refractivity contribution in [3.05, 3.63) is 59.1 Å². The number of benzene rings is 2. The predicted molar refractivity (Wildman–Crippen MR) is 98.2 cm³/mol. The predicted octanol–water partition coefficient (Wildman–Crippen LogP) is 4.35. The Morgan fingerprint density at radius 2 is 2.12 bits per heavy atom. The average molecular weight is 373 g/mol. The van der Waals surface area contributed by atoms with Gasteiger partial charge in [-0.1, -0.05) is 12.1 Å². The highest BCUT2D eigenvalue weighted by atomic mass is 32.1. The molecule has 26 heavy (non-hydrogen) atoms. The number of halogens is 2. The number of fused-ring (bicyclic) bond motifs is 1. The number of nitrogens with one attached hydrogen (secondary N) is 1. The summed E-state index contributed by atoms with van der Waals surface area (Å²) in [6, 6.07) is 11.1. The van der Waals surface area contributed by atoms with Gasteiger partial charge >= 0.3 is 0 Å². The second-order valence-electron chi connectivity index (χ2n) is 6.32. The SMILES string of the molecule is O=C(CN1CCC[C@H]1c1nc2ccccc2s1)Nc1cc(F)ccc1F. The smallest absolute Gasteiger partial charge is 0.238 e. The van der Waals surface area contributed by atoms with Crippen LogP contribution < -0.4 is 5.32 Å². The summed E-state index contributed by atoms with van der Waals surface area (Å²) in [6.07, 6.45) is 1.91. The number of carbonyl (C=O) groups excluding carboxylic acids is 1. The van der Waals surface area contributed by atoms with Crippen molar-refractivity contribution in [2.24, 2.45) is 0 Å². The Bertz CT molecular complexity index is 926. The molecule has 0 saturated carbocycles. The van der Waals surface area contributed by atoms with E-state index in [1.807, 2.05) is 29.2 Å². The van der Waals surface area contributed by atoms with E-state index in [1.165, 1.54) is 0 Å². The Kier molecular flexibility index (Phi) is 4.65. The minimum Gasteiger partial charge on any atom is -0.322 e. The Balaban J connectivity index is 1.48. The largest absolute Gasteiger partial charge is 0.322 e. The van der Waals surface area contributed by atoms with Gasteiger partial charge in [-0.25, -0.2) is 13.8 Å². The molecule has 0 aliphatic carbocycles. The number of thiazole rings is 1. The van der Waals surface area contributed by atoms with Crippen LogP contribution in [0.15, 0.2) is 42.5 Å². The first-order chi connectivity index (χ1) is 12.6. The van der Waals surface area contributed by atoms with Crippen LogP contribution in [0.4, 0.5) is 14.5 Å². The molecule has 0 unspecified atom stereocenters. The van der Waals surface area contributed by atoms with E-state index in [1.54, 1.807) is 11.3 Å². The molecule has 2 aromatic carbocycles. The maximum Gasteiger partial charge on any atom is 0.238 e. The maximum atomic E-state index is 13.7. The van der Waals surface area contributed by atoms with Crippen LogP contribution in [-0.4, -0.2) is 28.9 Å². The van der Waals surface area contributed by atoms with Crippen LogP contribution in [0.3, 0.4) is 0 Å². The molecule has 1 aliphatic rings. The lowest BCUT2D eigenvalue weighted by atomic mass is 10.2. The van der Waals surface area contributed by atoms with Gasteiger partial charge in [0.1, 0.15) is 16.6 Å². The molecule has 1 amide bonds. The second-order valence-corrected chi connectivity index (χ2v) is 7.38. The minimum absolute atomic E-state index is 0.0792. The summed E-state index contributed by atoms with van der Waals surface area (Å²) in [4.78, 5) is 19.1. The zero-order valence-corrected chi connectivity index (χ0v) is 14.7. The van der Waals surface area contributed by atoms with E-state index in [2.05, 4.69) is 5.32 Å². The fraction of sp³-hybridized carbons (Fsp3) is 0.263. The van der Waals surface area contributed by atoms with Crippen LogP contribution in [0.1, 0.15) is 23.9 Å². The number of likely N-dealkylation sites (tertiary alicyclic amines) is 1. The maximum absolute atomic E-state index is 13.7. The number of anilines is 1. The van der Waals surface area contributed by atoms with Gasteiger partial charge in [0.05, 0.1) is 28.5 Å². The average Bonchev–Trinajstić information content (AvgIpc) is 3.24. The van der Waals surface area contributed by atoms with E-state index in [4.69, 9.17) is 4.98 Å². The lowest BCUT2D eigenvalue weighted by Gasteiger charge is -2.22. The minimum atomic E-state index is -0.649. The van der Waals surface area contributed by atoms with Crippen molar-refractivity contribution in [3.63, 3.8) is 0 Å². The van der Waals surface area contributed by atoms with Crippen molar-refractivity contribution in [1.29, 1.82) is 0 Å². The van der Waals surface area contributed by atoms with Crippen molar-refractivity contribution < 1.29 is 13.6 Å². The van der Waals surface area contributed by atoms with E-state index >= 15 is 0 Å². The quantitative estimate of drug-likeness (QED) is 0.740. The van der Waals surface area contributed by atoms with E-state index in [9.17, 15) is 13.6 Å². The fourth-order valence-electron chi connectivity index (χ4n) is 3.30. The Labute approximate surface area is 153 Å². The van der Waals surface area contributed by atoms with Crippen molar-refractivity contribution >= 4 is 33.1 Å². The summed E-state index contributed by atoms with van der Waals surface area (Å²) >= 11 is 1.64. The van der Waals surface area contributed by atoms with Crippen LogP contribution >= 0.6 is 11.3 Å². The monoisotopic (exact) mass is 373 g/mol. The molecule has 0 bridgehead atoms. The van der Waals surface area contributed by atoms with Crippen molar-refractivity contribution in [3.8, 4) is 0 Å². The summed E-state index contributed by atoms with van der Waals surface area (Å²) in [5.41, 5.74) is 0.830. The summed E-state index contributed by atoms with van der Waals surface area (Å²) in [7, 11) is 0. The molecule has 1 N–H and O–H groups in total. The highest BCUT2D eigenvalue weighted by Crippen LogP contribution is 2.36. The van der Waals surface area contributed by atoms with Gasteiger partial charge in [0, 0.05) is 6.07 Å². The van der Waals surface area contributed by atoms with E-state index in [0.717, 1.165) is 52.8 Å². The van der Waals surface area contributed by atoms with Crippen molar-refractivity contribution in [1.82, 2.24) is 9.88 Å². The van der Waals surface area contributed by atoms with Crippen LogP contribution in [0.2, 0.25) is 0 Å². The molecule has 1 saturated heterocycles. The molecule has 4 nitrogen and oxygen atoms in total. The third-order valence-corrected chi connectivity index (χ3v) is 5.65. The number of amides is 1. The van der Waals surface area contributed by atoms with E-state index in [-0.39, 0.29) is 24.2 Å². The van der Waals surface area contributed by atoms with Gasteiger partial charge in [-0.15, -0.1) is 11.3 Å². The standard InChI is InChI=1S/C19H17F2N3OS/c20-12-7-8-13(21)15(10-12)22-18(25)11-24-9-3-5-16(24)19-23-14-4-1-2-6-17(14)26-19/h1-2,4,6-8,10,16H,3,5,9,11H2,(H,22,25)/t16-/m0/s1. The molecule has 1 atom stereocenters. The van der Waals surface area contributed by atoms with Gasteiger partial charge in [-0.05, 0) is 43.7 Å². The number of aromatic nitrogens is 1. The molecule has 134 valence electrons. The van der Waals surface area contributed by atoms with Crippen LogP contribution in [0.5, 0.6) is 0 Å². The number of carbonyl (C=O) groups is 1. The Hall–Kier alpha value is -2.38. The Morgan fingerprint density at radius 3 is 2.96 bits per heavy atom. The van der Waals surface area contributed by atoms with E-state index in [0.29, 0.717) is 0 Å². The number of hydrogen-bond donors (Lipinski definition) is 1. The molecule has 0 spiro atoms. The van der Waals surface area contributed by atoms with Crippen LogP contribution in [-0.2, 0) is 4.79 Å². The normalized spacial score (nSPS) is 17.7. The van der Waals surface area contributed by atoms with Gasteiger partial charge in [0.2, 0.25) is 5.91 Å². The molecule has 3 aromatic rings. The lowest BCUT2D eigenvalue weighted by Crippen LogP contribution is -2.33. The third kappa shape index (κ3) is 3.45. The van der Waals surface area contributed by atoms with Gasteiger partial charge in [0.15, 0.2) is 0 Å². The first kappa shape index (κ1) is 17.1. The molecule has 7 heteroatoms. The van der Waals surface area contributed by atoms with Crippen LogP contribution in [0.25, 0.3) is 10.2 Å².